The number of hydrogen-bond donors (Lipinski definition) is 2. The largest absolute Gasteiger partial charge is 0.459 e. The van der Waals surface area contributed by atoms with Gasteiger partial charge in [0.1, 0.15) is 11.6 Å². The van der Waals surface area contributed by atoms with E-state index in [1.807, 2.05) is 29.3 Å². The van der Waals surface area contributed by atoms with E-state index >= 15 is 0 Å². The van der Waals surface area contributed by atoms with Gasteiger partial charge in [0.15, 0.2) is 0 Å². The van der Waals surface area contributed by atoms with Crippen LogP contribution in [-0.4, -0.2) is 45.5 Å². The minimum Gasteiger partial charge on any atom is -0.459 e. The van der Waals surface area contributed by atoms with Gasteiger partial charge in [-0.1, -0.05) is 18.2 Å². The molecule has 1 amide bonds. The van der Waals surface area contributed by atoms with Gasteiger partial charge in [0.2, 0.25) is 5.91 Å². The van der Waals surface area contributed by atoms with E-state index in [1.165, 1.54) is 0 Å². The smallest absolute Gasteiger partial charge is 0.306 e. The van der Waals surface area contributed by atoms with E-state index in [1.54, 1.807) is 0 Å². The first-order chi connectivity index (χ1) is 17.4. The Morgan fingerprint density at radius 2 is 1.94 bits per heavy atom. The molecule has 1 aliphatic heterocycles. The molecule has 2 heterocycles. The molecular formula is C29H34N4O3. The first-order valence-electron chi connectivity index (χ1n) is 13.6. The molecule has 5 aliphatic carbocycles. The third-order valence-corrected chi connectivity index (χ3v) is 10.1. The fourth-order valence-electron chi connectivity index (χ4n) is 8.91. The molecular weight excluding hydrogens is 452 g/mol. The molecule has 3 N–H and O–H groups in total. The highest BCUT2D eigenvalue weighted by molar-refractivity contribution is 5.85. The number of ether oxygens (including phenoxy) is 1. The summed E-state index contributed by atoms with van der Waals surface area (Å²) in [5.74, 6) is 1.18. The summed E-state index contributed by atoms with van der Waals surface area (Å²) in [7, 11) is 0. The number of carbonyl (C=O) groups excluding carboxylic acids is 2. The molecule has 188 valence electrons. The molecule has 0 spiro atoms. The molecule has 1 aromatic heterocycles. The van der Waals surface area contributed by atoms with Gasteiger partial charge in [0.05, 0.1) is 12.1 Å². The number of nitrogens with two attached hydrogens (primary N) is 1. The van der Waals surface area contributed by atoms with Crippen LogP contribution in [-0.2, 0) is 20.7 Å². The molecule has 7 nitrogen and oxygen atoms in total. The summed E-state index contributed by atoms with van der Waals surface area (Å²) in [4.78, 5) is 31.9. The second-order valence-electron chi connectivity index (χ2n) is 12.5. The third-order valence-electron chi connectivity index (χ3n) is 10.1. The van der Waals surface area contributed by atoms with Crippen molar-refractivity contribution in [3.8, 4) is 6.07 Å². The van der Waals surface area contributed by atoms with Crippen LogP contribution < -0.4 is 5.73 Å². The molecule has 1 aromatic carbocycles. The van der Waals surface area contributed by atoms with Crippen LogP contribution in [0, 0.1) is 34.5 Å². The fraction of sp³-hybridized carbons (Fsp3) is 0.621. The summed E-state index contributed by atoms with van der Waals surface area (Å²) in [5.41, 5.74) is 8.20. The highest BCUT2D eigenvalue weighted by Gasteiger charge is 2.64. The zero-order valence-electron chi connectivity index (χ0n) is 20.6. The molecule has 7 heteroatoms. The summed E-state index contributed by atoms with van der Waals surface area (Å²) in [6.45, 7) is 0. The summed E-state index contributed by atoms with van der Waals surface area (Å²) < 4.78 is 6.33. The number of para-hydroxylation sites is 1. The molecule has 5 saturated carbocycles. The molecule has 36 heavy (non-hydrogen) atoms. The number of amides is 1. The van der Waals surface area contributed by atoms with E-state index in [9.17, 15) is 14.9 Å². The summed E-state index contributed by atoms with van der Waals surface area (Å²) in [6, 6.07) is 9.72. The second-order valence-corrected chi connectivity index (χ2v) is 12.5. The Balaban J connectivity index is 1.07. The van der Waals surface area contributed by atoms with Crippen LogP contribution >= 0.6 is 0 Å². The first-order valence-corrected chi connectivity index (χ1v) is 13.6. The average molecular weight is 487 g/mol. The summed E-state index contributed by atoms with van der Waals surface area (Å²) >= 11 is 0. The number of H-pyrrole nitrogens is 1. The second kappa shape index (κ2) is 7.82. The number of rotatable bonds is 6. The minimum atomic E-state index is -0.622. The number of aromatic amines is 1. The van der Waals surface area contributed by atoms with Gasteiger partial charge >= 0.3 is 5.97 Å². The number of nitrogens with one attached hydrogen (secondary N) is 1. The van der Waals surface area contributed by atoms with Gasteiger partial charge in [-0.25, -0.2) is 0 Å². The van der Waals surface area contributed by atoms with Crippen molar-refractivity contribution in [3.05, 3.63) is 36.0 Å². The van der Waals surface area contributed by atoms with Crippen LogP contribution in [0.25, 0.3) is 10.9 Å². The highest BCUT2D eigenvalue weighted by atomic mass is 16.6. The van der Waals surface area contributed by atoms with E-state index in [2.05, 4.69) is 17.1 Å². The number of esters is 1. The number of nitrogens with zero attached hydrogens (tertiary/aromatic N) is 2. The van der Waals surface area contributed by atoms with Crippen molar-refractivity contribution in [1.82, 2.24) is 9.88 Å². The molecule has 6 atom stereocenters. The summed E-state index contributed by atoms with van der Waals surface area (Å²) in [5, 5.41) is 10.8. The lowest BCUT2D eigenvalue weighted by molar-refractivity contribution is -0.205. The third kappa shape index (κ3) is 3.41. The van der Waals surface area contributed by atoms with Crippen LogP contribution in [0.4, 0.5) is 0 Å². The topological polar surface area (TPSA) is 112 Å². The van der Waals surface area contributed by atoms with Gasteiger partial charge in [-0.3, -0.25) is 9.59 Å². The van der Waals surface area contributed by atoms with Crippen molar-refractivity contribution >= 4 is 22.8 Å². The average Bonchev–Trinajstić information content (AvgIpc) is 3.32. The van der Waals surface area contributed by atoms with Gasteiger partial charge in [0, 0.05) is 29.6 Å². The van der Waals surface area contributed by atoms with Crippen molar-refractivity contribution in [2.75, 3.05) is 0 Å². The quantitative estimate of drug-likeness (QED) is 0.603. The number of carbonyl (C=O) groups is 2. The maximum absolute atomic E-state index is 13.7. The molecule has 4 bridgehead atoms. The van der Waals surface area contributed by atoms with Gasteiger partial charge in [0.25, 0.3) is 0 Å². The summed E-state index contributed by atoms with van der Waals surface area (Å²) in [6.07, 6.45) is 10.2. The van der Waals surface area contributed by atoms with Crippen molar-refractivity contribution < 1.29 is 14.3 Å². The van der Waals surface area contributed by atoms with Gasteiger partial charge in [-0.15, -0.1) is 0 Å². The highest BCUT2D eigenvalue weighted by Crippen LogP contribution is 2.64. The molecule has 0 radical (unpaired) electrons. The van der Waals surface area contributed by atoms with Gasteiger partial charge in [-0.05, 0) is 92.6 Å². The lowest BCUT2D eigenvalue weighted by Gasteiger charge is -2.62. The van der Waals surface area contributed by atoms with Crippen molar-refractivity contribution in [2.45, 2.75) is 87.9 Å². The van der Waals surface area contributed by atoms with E-state index < -0.39 is 11.6 Å². The van der Waals surface area contributed by atoms with E-state index in [0.717, 1.165) is 61.4 Å². The number of aryl methyl sites for hydroxylation is 1. The van der Waals surface area contributed by atoms with Crippen LogP contribution in [0.5, 0.6) is 0 Å². The fourth-order valence-corrected chi connectivity index (χ4v) is 8.91. The number of benzene rings is 1. The number of hydrogen-bond acceptors (Lipinski definition) is 5. The zero-order chi connectivity index (χ0) is 24.7. The molecule has 6 unspecified atom stereocenters. The Morgan fingerprint density at radius 1 is 1.17 bits per heavy atom. The number of likely N-dealkylation sites (tertiary alicyclic amines) is 1. The van der Waals surface area contributed by atoms with Gasteiger partial charge in [-0.2, -0.15) is 5.26 Å². The van der Waals surface area contributed by atoms with E-state index in [4.69, 9.17) is 10.5 Å². The Morgan fingerprint density at radius 3 is 2.72 bits per heavy atom. The van der Waals surface area contributed by atoms with Crippen LogP contribution in [0.3, 0.4) is 0 Å². The molecule has 6 fully saturated rings. The lowest BCUT2D eigenvalue weighted by atomic mass is 9.46. The Bertz CT molecular complexity index is 1260. The Hall–Kier alpha value is -2.85. The minimum absolute atomic E-state index is 0.0469. The van der Waals surface area contributed by atoms with Crippen molar-refractivity contribution in [3.63, 3.8) is 0 Å². The normalized spacial score (nSPS) is 38.6. The molecule has 6 aliphatic rings. The SMILES string of the molecule is N#CC1CC2CC2N1C(=O)C(N)C12CC3CC(CC(OC(=O)CCc4c[nH]c5ccccc45)(C3)C1)C2. The maximum Gasteiger partial charge on any atom is 0.306 e. The standard InChI is InChI=1S/C29H34N4O3/c30-14-21-8-20-9-24(20)33(21)27(35)26(31)28-10-17-7-18(11-28)13-29(12-17,16-28)36-25(34)6-5-19-15-32-23-4-2-1-3-22(19)23/h1-4,15,17-18,20-21,24,26,32H,5-13,16,31H2. The zero-order valence-corrected chi connectivity index (χ0v) is 20.6. The van der Waals surface area contributed by atoms with Crippen molar-refractivity contribution in [1.29, 1.82) is 5.26 Å². The van der Waals surface area contributed by atoms with Crippen LogP contribution in [0.2, 0.25) is 0 Å². The van der Waals surface area contributed by atoms with Gasteiger partial charge < -0.3 is 20.4 Å². The predicted octanol–water partition coefficient (Wildman–Crippen LogP) is 3.82. The number of nitriles is 1. The number of fused-ring (bicyclic) bond motifs is 2. The molecule has 8 rings (SSSR count). The Labute approximate surface area is 211 Å². The molecule has 1 saturated heterocycles. The number of aromatic nitrogens is 1. The molecule has 2 aromatic rings. The Kier molecular flexibility index (Phi) is 4.86. The lowest BCUT2D eigenvalue weighted by Crippen LogP contribution is -2.65. The van der Waals surface area contributed by atoms with E-state index in [-0.39, 0.29) is 29.4 Å². The van der Waals surface area contributed by atoms with Crippen molar-refractivity contribution in [2.24, 2.45) is 28.9 Å². The van der Waals surface area contributed by atoms with Crippen LogP contribution in [0.15, 0.2) is 30.5 Å². The van der Waals surface area contributed by atoms with Crippen LogP contribution in [0.1, 0.15) is 63.4 Å². The monoisotopic (exact) mass is 486 g/mol. The van der Waals surface area contributed by atoms with E-state index in [0.29, 0.717) is 37.0 Å². The first kappa shape index (κ1) is 22.4. The predicted molar refractivity (Wildman–Crippen MR) is 133 cm³/mol. The number of piperidine rings is 1. The maximum atomic E-state index is 13.7.